The largest absolute Gasteiger partial charge is 0.529 e. The van der Waals surface area contributed by atoms with Crippen molar-refractivity contribution in [3.05, 3.63) is 0 Å². The minimum absolute atomic E-state index is 0.182. The minimum atomic E-state index is -3.05. The molecule has 0 aliphatic rings. The Balaban J connectivity index is 5.07. The minimum Gasteiger partial charge on any atom is -0.472 e. The SMILES string of the molecule is CCC(=O)OC(OC=O)(OC(C)=O)C(=O)O. The van der Waals surface area contributed by atoms with Gasteiger partial charge in [0.05, 0.1) is 0 Å². The Kier molecular flexibility index (Phi) is 4.93. The van der Waals surface area contributed by atoms with Crippen molar-refractivity contribution >= 4 is 24.4 Å². The highest BCUT2D eigenvalue weighted by atomic mass is 16.9. The van der Waals surface area contributed by atoms with Crippen molar-refractivity contribution in [2.24, 2.45) is 0 Å². The zero-order valence-electron chi connectivity index (χ0n) is 8.59. The maximum Gasteiger partial charge on any atom is 0.529 e. The van der Waals surface area contributed by atoms with Crippen molar-refractivity contribution < 1.29 is 38.5 Å². The monoisotopic (exact) mass is 234 g/mol. The molecule has 16 heavy (non-hydrogen) atoms. The van der Waals surface area contributed by atoms with Crippen LogP contribution in [0.15, 0.2) is 0 Å². The number of hydrogen-bond acceptors (Lipinski definition) is 7. The number of carboxylic acid groups (broad SMARTS) is 1. The van der Waals surface area contributed by atoms with Gasteiger partial charge in [-0.3, -0.25) is 14.4 Å². The number of rotatable bonds is 6. The molecule has 0 saturated heterocycles. The Labute approximate surface area is 90.1 Å². The van der Waals surface area contributed by atoms with E-state index in [9.17, 15) is 19.2 Å². The van der Waals surface area contributed by atoms with E-state index < -0.39 is 23.9 Å². The van der Waals surface area contributed by atoms with Crippen LogP contribution in [-0.2, 0) is 33.4 Å². The Morgan fingerprint density at radius 3 is 2.19 bits per heavy atom. The van der Waals surface area contributed by atoms with Gasteiger partial charge in [0.2, 0.25) is 0 Å². The molecule has 8 heteroatoms. The summed E-state index contributed by atoms with van der Waals surface area (Å²) in [4.78, 5) is 42.4. The van der Waals surface area contributed by atoms with E-state index in [0.717, 1.165) is 6.92 Å². The lowest BCUT2D eigenvalue weighted by molar-refractivity contribution is -0.314. The van der Waals surface area contributed by atoms with Gasteiger partial charge in [0, 0.05) is 13.3 Å². The third kappa shape index (κ3) is 3.56. The fraction of sp³-hybridized carbons (Fsp3) is 0.500. The number of aliphatic carboxylic acids is 1. The van der Waals surface area contributed by atoms with Crippen LogP contribution in [0.25, 0.3) is 0 Å². The molecule has 90 valence electrons. The van der Waals surface area contributed by atoms with Crippen LogP contribution < -0.4 is 0 Å². The fourth-order valence-electron chi connectivity index (χ4n) is 0.681. The van der Waals surface area contributed by atoms with Gasteiger partial charge in [0.25, 0.3) is 6.47 Å². The van der Waals surface area contributed by atoms with Crippen LogP contribution in [0.2, 0.25) is 0 Å². The van der Waals surface area contributed by atoms with Gasteiger partial charge in [-0.1, -0.05) is 6.92 Å². The van der Waals surface area contributed by atoms with E-state index in [1.165, 1.54) is 6.92 Å². The summed E-state index contributed by atoms with van der Waals surface area (Å²) < 4.78 is 12.5. The van der Waals surface area contributed by atoms with E-state index in [1.807, 2.05) is 0 Å². The average Bonchev–Trinajstić information content (AvgIpc) is 2.16. The third-order valence-electron chi connectivity index (χ3n) is 1.28. The molecule has 0 aliphatic heterocycles. The zero-order valence-corrected chi connectivity index (χ0v) is 8.59. The molecule has 0 radical (unpaired) electrons. The van der Waals surface area contributed by atoms with Gasteiger partial charge in [-0.05, 0) is 0 Å². The molecule has 0 heterocycles. The van der Waals surface area contributed by atoms with Gasteiger partial charge >= 0.3 is 23.9 Å². The van der Waals surface area contributed by atoms with Gasteiger partial charge in [-0.15, -0.1) is 0 Å². The highest BCUT2D eigenvalue weighted by Crippen LogP contribution is 2.16. The Bertz CT molecular complexity index is 309. The van der Waals surface area contributed by atoms with E-state index in [0.29, 0.717) is 0 Å². The summed E-state index contributed by atoms with van der Waals surface area (Å²) >= 11 is 0. The van der Waals surface area contributed by atoms with Crippen molar-refractivity contribution in [1.29, 1.82) is 0 Å². The standard InChI is InChI=1S/C8H10O8/c1-3-6(11)16-8(7(12)13,14-4-9)15-5(2)10/h4H,3H2,1-2H3,(H,12,13). The highest BCUT2D eigenvalue weighted by Gasteiger charge is 2.50. The Hall–Kier alpha value is -2.12. The molecule has 1 unspecified atom stereocenters. The smallest absolute Gasteiger partial charge is 0.472 e. The van der Waals surface area contributed by atoms with Crippen LogP contribution in [0.3, 0.4) is 0 Å². The van der Waals surface area contributed by atoms with Gasteiger partial charge in [0.1, 0.15) is 0 Å². The highest BCUT2D eigenvalue weighted by molar-refractivity contribution is 5.82. The summed E-state index contributed by atoms with van der Waals surface area (Å²) in [7, 11) is 0. The van der Waals surface area contributed by atoms with E-state index in [4.69, 9.17) is 5.11 Å². The molecular formula is C8H10O8. The number of carboxylic acids is 1. The zero-order chi connectivity index (χ0) is 12.8. The van der Waals surface area contributed by atoms with Crippen molar-refractivity contribution in [2.75, 3.05) is 0 Å². The van der Waals surface area contributed by atoms with Crippen LogP contribution in [0.1, 0.15) is 20.3 Å². The number of carbonyl (C=O) groups is 4. The van der Waals surface area contributed by atoms with Gasteiger partial charge in [0.15, 0.2) is 0 Å². The number of carbonyl (C=O) groups excluding carboxylic acids is 3. The van der Waals surface area contributed by atoms with Crippen molar-refractivity contribution in [2.45, 2.75) is 26.2 Å². The quantitative estimate of drug-likeness (QED) is 0.368. The molecule has 1 atom stereocenters. The first-order valence-electron chi connectivity index (χ1n) is 4.14. The second-order valence-corrected chi connectivity index (χ2v) is 2.50. The first kappa shape index (κ1) is 13.9. The molecule has 0 aromatic carbocycles. The van der Waals surface area contributed by atoms with Crippen LogP contribution >= 0.6 is 0 Å². The molecule has 0 bridgehead atoms. The van der Waals surface area contributed by atoms with Crippen LogP contribution in [0.4, 0.5) is 0 Å². The molecule has 0 amide bonds. The van der Waals surface area contributed by atoms with E-state index in [2.05, 4.69) is 14.2 Å². The molecule has 0 saturated carbocycles. The lowest BCUT2D eigenvalue weighted by Gasteiger charge is -2.24. The summed E-state index contributed by atoms with van der Waals surface area (Å²) in [6.45, 7) is 1.94. The molecule has 0 aromatic rings. The predicted molar refractivity (Wildman–Crippen MR) is 45.7 cm³/mol. The van der Waals surface area contributed by atoms with Gasteiger partial charge in [-0.25, -0.2) is 4.79 Å². The molecule has 0 aromatic heterocycles. The third-order valence-corrected chi connectivity index (χ3v) is 1.28. The summed E-state index contributed by atoms with van der Waals surface area (Å²) in [5.74, 6) is -7.09. The first-order chi connectivity index (χ1) is 7.38. The number of esters is 2. The fourth-order valence-corrected chi connectivity index (χ4v) is 0.681. The van der Waals surface area contributed by atoms with Crippen molar-refractivity contribution in [3.8, 4) is 0 Å². The summed E-state index contributed by atoms with van der Waals surface area (Å²) in [5.41, 5.74) is 0. The normalized spacial score (nSPS) is 13.1. The molecule has 1 N–H and O–H groups in total. The van der Waals surface area contributed by atoms with Crippen LogP contribution in [0, 0.1) is 0 Å². The van der Waals surface area contributed by atoms with E-state index in [-0.39, 0.29) is 12.9 Å². The molecule has 0 rings (SSSR count). The summed E-state index contributed by atoms with van der Waals surface area (Å²) in [5, 5.41) is 8.71. The number of ether oxygens (including phenoxy) is 3. The van der Waals surface area contributed by atoms with E-state index >= 15 is 0 Å². The second-order valence-electron chi connectivity index (χ2n) is 2.50. The maximum atomic E-state index is 10.9. The lowest BCUT2D eigenvalue weighted by Crippen LogP contribution is -2.49. The first-order valence-corrected chi connectivity index (χ1v) is 4.14. The molecule has 0 spiro atoms. The second kappa shape index (κ2) is 5.69. The van der Waals surface area contributed by atoms with Crippen molar-refractivity contribution in [3.63, 3.8) is 0 Å². The number of hydrogen-bond donors (Lipinski definition) is 1. The molecule has 0 aliphatic carbocycles. The molecule has 0 fully saturated rings. The van der Waals surface area contributed by atoms with Gasteiger partial charge in [-0.2, -0.15) is 0 Å². The average molecular weight is 234 g/mol. The summed E-state index contributed by atoms with van der Waals surface area (Å²) in [6, 6.07) is 0. The molecular weight excluding hydrogens is 224 g/mol. The maximum absolute atomic E-state index is 10.9. The van der Waals surface area contributed by atoms with Crippen LogP contribution in [0.5, 0.6) is 0 Å². The Morgan fingerprint density at radius 1 is 1.31 bits per heavy atom. The molecule has 8 nitrogen and oxygen atoms in total. The summed E-state index contributed by atoms with van der Waals surface area (Å²) in [6.07, 6.45) is -0.182. The van der Waals surface area contributed by atoms with E-state index in [1.54, 1.807) is 0 Å². The topological polar surface area (TPSA) is 116 Å². The Morgan fingerprint density at radius 2 is 1.88 bits per heavy atom. The predicted octanol–water partition coefficient (Wildman–Crippen LogP) is -0.586. The lowest BCUT2D eigenvalue weighted by atomic mass is 10.5. The van der Waals surface area contributed by atoms with Crippen LogP contribution in [-0.4, -0.2) is 35.5 Å². The van der Waals surface area contributed by atoms with Crippen molar-refractivity contribution in [1.82, 2.24) is 0 Å². The van der Waals surface area contributed by atoms with Gasteiger partial charge < -0.3 is 19.3 Å².